The zero-order chi connectivity index (χ0) is 18.3. The van der Waals surface area contributed by atoms with E-state index in [2.05, 4.69) is 9.97 Å². The fourth-order valence-electron chi connectivity index (χ4n) is 4.05. The maximum absolute atomic E-state index is 12.8. The molecule has 4 unspecified atom stereocenters. The second kappa shape index (κ2) is 6.66. The molecule has 1 saturated carbocycles. The number of fused-ring (bicyclic) bond motifs is 1. The van der Waals surface area contributed by atoms with Crippen LogP contribution in [0.25, 0.3) is 11.1 Å². The molecule has 7 heteroatoms. The molecule has 0 bridgehead atoms. The number of aliphatic hydroxyl groups is 2. The molecule has 2 aliphatic rings. The molecule has 4 N–H and O–H groups in total. The molecule has 4 rings (SSSR count). The quantitative estimate of drug-likeness (QED) is 0.739. The van der Waals surface area contributed by atoms with E-state index in [0.29, 0.717) is 31.5 Å². The molecule has 2 heterocycles. The van der Waals surface area contributed by atoms with Crippen LogP contribution in [0.15, 0.2) is 36.7 Å². The maximum atomic E-state index is 12.8. The number of carbonyl (C=O) groups is 1. The van der Waals surface area contributed by atoms with Crippen molar-refractivity contribution in [3.05, 3.63) is 42.2 Å². The number of amides is 1. The lowest BCUT2D eigenvalue weighted by atomic mass is 9.79. The Bertz CT molecular complexity index is 775. The summed E-state index contributed by atoms with van der Waals surface area (Å²) in [6, 6.07) is 7.36. The topological polar surface area (TPSA) is 113 Å². The number of nitrogens with zero attached hydrogens (tertiary/aromatic N) is 3. The van der Waals surface area contributed by atoms with Gasteiger partial charge in [0.05, 0.1) is 12.2 Å². The van der Waals surface area contributed by atoms with Gasteiger partial charge < -0.3 is 20.8 Å². The Hall–Kier alpha value is -2.51. The Morgan fingerprint density at radius 3 is 2.04 bits per heavy atom. The third-order valence-electron chi connectivity index (χ3n) is 5.53. The lowest BCUT2D eigenvalue weighted by Gasteiger charge is -2.31. The van der Waals surface area contributed by atoms with Crippen molar-refractivity contribution in [3.8, 4) is 11.1 Å². The minimum absolute atomic E-state index is 0.0107. The van der Waals surface area contributed by atoms with E-state index in [-0.39, 0.29) is 23.7 Å². The van der Waals surface area contributed by atoms with Crippen LogP contribution in [0, 0.1) is 11.8 Å². The van der Waals surface area contributed by atoms with Crippen LogP contribution in [0.3, 0.4) is 0 Å². The highest BCUT2D eigenvalue weighted by atomic mass is 16.3. The second-order valence-electron chi connectivity index (χ2n) is 7.24. The number of likely N-dealkylation sites (tertiary alicyclic amines) is 1. The number of hydrogen-bond acceptors (Lipinski definition) is 6. The van der Waals surface area contributed by atoms with Crippen molar-refractivity contribution in [2.24, 2.45) is 11.8 Å². The van der Waals surface area contributed by atoms with E-state index in [4.69, 9.17) is 5.73 Å². The van der Waals surface area contributed by atoms with Crippen molar-refractivity contribution in [2.75, 3.05) is 18.8 Å². The van der Waals surface area contributed by atoms with E-state index in [1.165, 1.54) is 0 Å². The third kappa shape index (κ3) is 3.15. The summed E-state index contributed by atoms with van der Waals surface area (Å²) in [5.74, 6) is 0.752. The molecule has 136 valence electrons. The number of nitrogens with two attached hydrogens (primary N) is 1. The molecule has 2 aromatic rings. The molecule has 1 aromatic heterocycles. The predicted molar refractivity (Wildman–Crippen MR) is 96.0 cm³/mol. The first kappa shape index (κ1) is 16.9. The lowest BCUT2D eigenvalue weighted by molar-refractivity contribution is -0.0372. The van der Waals surface area contributed by atoms with Gasteiger partial charge in [0.15, 0.2) is 0 Å². The molecule has 1 aliphatic heterocycles. The van der Waals surface area contributed by atoms with Crippen molar-refractivity contribution in [2.45, 2.75) is 25.0 Å². The Balaban J connectivity index is 1.46. The summed E-state index contributed by atoms with van der Waals surface area (Å²) in [7, 11) is 0. The van der Waals surface area contributed by atoms with Gasteiger partial charge in [-0.2, -0.15) is 0 Å². The van der Waals surface area contributed by atoms with Crippen molar-refractivity contribution >= 4 is 11.9 Å². The summed E-state index contributed by atoms with van der Waals surface area (Å²) in [6.07, 6.45) is 3.08. The zero-order valence-corrected chi connectivity index (χ0v) is 14.3. The van der Waals surface area contributed by atoms with Gasteiger partial charge in [-0.15, -0.1) is 0 Å². The van der Waals surface area contributed by atoms with Crippen molar-refractivity contribution in [3.63, 3.8) is 0 Å². The molecule has 2 fully saturated rings. The fourth-order valence-corrected chi connectivity index (χ4v) is 4.05. The Kier molecular flexibility index (Phi) is 4.34. The third-order valence-corrected chi connectivity index (χ3v) is 5.53. The van der Waals surface area contributed by atoms with E-state index in [1.54, 1.807) is 24.5 Å². The SMILES string of the molecule is Nc1ncc(-c2ccc(C(=O)N3CC4CC(O)C(O)CC4C3)cc2)cn1. The van der Waals surface area contributed by atoms with E-state index in [0.717, 1.165) is 11.1 Å². The normalized spacial score (nSPS) is 28.0. The van der Waals surface area contributed by atoms with Crippen molar-refractivity contribution < 1.29 is 15.0 Å². The predicted octanol–water partition coefficient (Wildman–Crippen LogP) is 0.930. The summed E-state index contributed by atoms with van der Waals surface area (Å²) < 4.78 is 0. The zero-order valence-electron chi connectivity index (χ0n) is 14.3. The number of hydrogen-bond donors (Lipinski definition) is 3. The van der Waals surface area contributed by atoms with Crippen LogP contribution < -0.4 is 5.73 Å². The number of anilines is 1. The first-order valence-electron chi connectivity index (χ1n) is 8.84. The summed E-state index contributed by atoms with van der Waals surface area (Å²) in [4.78, 5) is 22.6. The Morgan fingerprint density at radius 2 is 1.50 bits per heavy atom. The highest BCUT2D eigenvalue weighted by Crippen LogP contribution is 2.37. The molecular formula is C19H22N4O3. The average molecular weight is 354 g/mol. The van der Waals surface area contributed by atoms with E-state index < -0.39 is 12.2 Å². The van der Waals surface area contributed by atoms with Crippen LogP contribution in [0.4, 0.5) is 5.95 Å². The highest BCUT2D eigenvalue weighted by Gasteiger charge is 2.42. The summed E-state index contributed by atoms with van der Waals surface area (Å²) in [5, 5.41) is 19.7. The Labute approximate surface area is 151 Å². The smallest absolute Gasteiger partial charge is 0.253 e. The van der Waals surface area contributed by atoms with Gasteiger partial charge in [-0.05, 0) is 42.4 Å². The number of benzene rings is 1. The standard InChI is InChI=1S/C19H22N4O3/c20-19-21-7-15(8-22-19)11-1-3-12(4-2-11)18(26)23-9-13-5-16(24)17(25)6-14(13)10-23/h1-4,7-8,13-14,16-17,24-25H,5-6,9-10H2,(H2,20,21,22). The van der Waals surface area contributed by atoms with Gasteiger partial charge in [-0.25, -0.2) is 9.97 Å². The first-order valence-corrected chi connectivity index (χ1v) is 8.84. The van der Waals surface area contributed by atoms with Gasteiger partial charge in [0.25, 0.3) is 5.91 Å². The van der Waals surface area contributed by atoms with Gasteiger partial charge in [0.1, 0.15) is 0 Å². The minimum Gasteiger partial charge on any atom is -0.390 e. The molecule has 0 radical (unpaired) electrons. The number of nitrogen functional groups attached to an aromatic ring is 1. The minimum atomic E-state index is -0.673. The summed E-state index contributed by atoms with van der Waals surface area (Å²) >= 11 is 0. The highest BCUT2D eigenvalue weighted by molar-refractivity contribution is 5.95. The van der Waals surface area contributed by atoms with Crippen LogP contribution in [0.5, 0.6) is 0 Å². The molecule has 1 aromatic carbocycles. The van der Waals surface area contributed by atoms with Crippen molar-refractivity contribution in [1.29, 1.82) is 0 Å². The van der Waals surface area contributed by atoms with Gasteiger partial charge in [0, 0.05) is 36.6 Å². The largest absolute Gasteiger partial charge is 0.390 e. The molecule has 1 aliphatic carbocycles. The molecule has 26 heavy (non-hydrogen) atoms. The maximum Gasteiger partial charge on any atom is 0.253 e. The van der Waals surface area contributed by atoms with E-state index in [9.17, 15) is 15.0 Å². The summed E-state index contributed by atoms with van der Waals surface area (Å²) in [6.45, 7) is 1.28. The fraction of sp³-hybridized carbons (Fsp3) is 0.421. The lowest BCUT2D eigenvalue weighted by Crippen LogP contribution is -2.38. The van der Waals surface area contributed by atoms with E-state index >= 15 is 0 Å². The van der Waals surface area contributed by atoms with Crippen LogP contribution in [0.1, 0.15) is 23.2 Å². The number of carbonyl (C=O) groups excluding carboxylic acids is 1. The van der Waals surface area contributed by atoms with E-state index in [1.807, 2.05) is 17.0 Å². The summed E-state index contributed by atoms with van der Waals surface area (Å²) in [5.41, 5.74) is 7.89. The van der Waals surface area contributed by atoms with Crippen LogP contribution in [-0.2, 0) is 0 Å². The Morgan fingerprint density at radius 1 is 0.962 bits per heavy atom. The van der Waals surface area contributed by atoms with Gasteiger partial charge in [-0.3, -0.25) is 4.79 Å². The monoisotopic (exact) mass is 354 g/mol. The second-order valence-corrected chi connectivity index (χ2v) is 7.24. The average Bonchev–Trinajstić information content (AvgIpc) is 3.05. The number of rotatable bonds is 2. The molecule has 1 amide bonds. The van der Waals surface area contributed by atoms with Crippen LogP contribution in [-0.4, -0.2) is 56.3 Å². The number of aromatic nitrogens is 2. The van der Waals surface area contributed by atoms with Crippen molar-refractivity contribution in [1.82, 2.24) is 14.9 Å². The molecule has 4 atom stereocenters. The van der Waals surface area contributed by atoms with Gasteiger partial charge >= 0.3 is 0 Å². The first-order chi connectivity index (χ1) is 12.5. The van der Waals surface area contributed by atoms with Crippen LogP contribution in [0.2, 0.25) is 0 Å². The number of aliphatic hydroxyl groups excluding tert-OH is 2. The van der Waals surface area contributed by atoms with Crippen LogP contribution >= 0.6 is 0 Å². The van der Waals surface area contributed by atoms with Gasteiger partial charge in [0.2, 0.25) is 5.95 Å². The molecule has 7 nitrogen and oxygen atoms in total. The molecule has 0 spiro atoms. The van der Waals surface area contributed by atoms with Gasteiger partial charge in [-0.1, -0.05) is 12.1 Å². The molecular weight excluding hydrogens is 332 g/mol. The molecule has 1 saturated heterocycles.